The second kappa shape index (κ2) is 6.74. The first-order chi connectivity index (χ1) is 10.8. The van der Waals surface area contributed by atoms with Gasteiger partial charge in [-0.05, 0) is 49.1 Å². The van der Waals surface area contributed by atoms with Crippen LogP contribution >= 0.6 is 0 Å². The molecule has 2 N–H and O–H groups in total. The average Bonchev–Trinajstić information content (AvgIpc) is 2.49. The van der Waals surface area contributed by atoms with Crippen molar-refractivity contribution in [2.24, 2.45) is 0 Å². The molecule has 1 unspecified atom stereocenters. The van der Waals surface area contributed by atoms with Crippen LogP contribution in [0, 0.1) is 6.92 Å². The number of aromatic hydroxyl groups is 2. The smallest absolute Gasteiger partial charge is 0.123 e. The fourth-order valence-electron chi connectivity index (χ4n) is 2.86. The molecule has 2 heteroatoms. The molecule has 0 saturated heterocycles. The maximum atomic E-state index is 10.4. The summed E-state index contributed by atoms with van der Waals surface area (Å²) < 4.78 is 0. The van der Waals surface area contributed by atoms with E-state index < -0.39 is 0 Å². The van der Waals surface area contributed by atoms with Crippen molar-refractivity contribution in [3.8, 4) is 11.5 Å². The lowest BCUT2D eigenvalue weighted by atomic mass is 9.84. The molecule has 0 spiro atoms. The lowest BCUT2D eigenvalue weighted by molar-refractivity contribution is 0.463. The summed E-state index contributed by atoms with van der Waals surface area (Å²) in [6, 6.07) is 11.2. The van der Waals surface area contributed by atoms with E-state index in [1.165, 1.54) is 0 Å². The van der Waals surface area contributed by atoms with E-state index in [0.717, 1.165) is 34.3 Å². The molecule has 2 aromatic carbocycles. The van der Waals surface area contributed by atoms with Crippen LogP contribution in [0.1, 0.15) is 48.4 Å². The first-order valence-electron chi connectivity index (χ1n) is 7.82. The molecule has 0 radical (unpaired) electrons. The molecule has 0 aliphatic heterocycles. The van der Waals surface area contributed by atoms with Crippen molar-refractivity contribution in [3.05, 3.63) is 71.8 Å². The van der Waals surface area contributed by atoms with E-state index in [4.69, 9.17) is 0 Å². The van der Waals surface area contributed by atoms with Gasteiger partial charge in [-0.2, -0.15) is 0 Å². The minimum absolute atomic E-state index is 0.0443. The van der Waals surface area contributed by atoms with Gasteiger partial charge in [-0.15, -0.1) is 0 Å². The highest BCUT2D eigenvalue weighted by atomic mass is 16.3. The normalized spacial score (nSPS) is 12.0. The number of phenolic OH excluding ortho intramolecular Hbond substituents is 2. The van der Waals surface area contributed by atoms with Gasteiger partial charge < -0.3 is 10.2 Å². The Labute approximate surface area is 138 Å². The number of hydrogen-bond acceptors (Lipinski definition) is 2. The third-order valence-corrected chi connectivity index (χ3v) is 4.23. The molecule has 0 aromatic heterocycles. The van der Waals surface area contributed by atoms with Gasteiger partial charge in [-0.25, -0.2) is 0 Å². The van der Waals surface area contributed by atoms with Gasteiger partial charge >= 0.3 is 0 Å². The Morgan fingerprint density at radius 3 is 2.26 bits per heavy atom. The van der Waals surface area contributed by atoms with Crippen molar-refractivity contribution in [3.63, 3.8) is 0 Å². The first-order valence-corrected chi connectivity index (χ1v) is 7.82. The Morgan fingerprint density at radius 2 is 1.74 bits per heavy atom. The van der Waals surface area contributed by atoms with Crippen molar-refractivity contribution in [1.29, 1.82) is 0 Å². The largest absolute Gasteiger partial charge is 0.508 e. The standard InChI is InChI=1S/C21H24O2/c1-6-17(19-9-7-14(4)11-20(19)22)15(5)18-10-8-16(13(2)3)12-21(18)23/h7-12,17,22-23H,2,5-6H2,1,3-4H3. The maximum absolute atomic E-state index is 10.4. The van der Waals surface area contributed by atoms with Crippen LogP contribution in [-0.4, -0.2) is 10.2 Å². The zero-order valence-corrected chi connectivity index (χ0v) is 14.1. The molecular formula is C21H24O2. The van der Waals surface area contributed by atoms with Crippen LogP contribution in [0.3, 0.4) is 0 Å². The van der Waals surface area contributed by atoms with Crippen LogP contribution in [0.15, 0.2) is 49.6 Å². The second-order valence-electron chi connectivity index (χ2n) is 6.06. The summed E-state index contributed by atoms with van der Waals surface area (Å²) in [4.78, 5) is 0. The average molecular weight is 308 g/mol. The van der Waals surface area contributed by atoms with Gasteiger partial charge in [0.05, 0.1) is 0 Å². The molecule has 0 amide bonds. The Bertz CT molecular complexity index is 756. The Hall–Kier alpha value is -2.48. The predicted octanol–water partition coefficient (Wildman–Crippen LogP) is 5.65. The number of rotatable bonds is 5. The van der Waals surface area contributed by atoms with Crippen molar-refractivity contribution >= 4 is 11.1 Å². The molecule has 0 heterocycles. The maximum Gasteiger partial charge on any atom is 0.123 e. The van der Waals surface area contributed by atoms with Gasteiger partial charge in [0.15, 0.2) is 0 Å². The van der Waals surface area contributed by atoms with Crippen LogP contribution in [0.4, 0.5) is 0 Å². The predicted molar refractivity (Wildman–Crippen MR) is 97.7 cm³/mol. The lowest BCUT2D eigenvalue weighted by Crippen LogP contribution is -2.01. The Kier molecular flexibility index (Phi) is 4.95. The van der Waals surface area contributed by atoms with Gasteiger partial charge in [0.25, 0.3) is 0 Å². The summed E-state index contributed by atoms with van der Waals surface area (Å²) in [5.74, 6) is 0.425. The zero-order chi connectivity index (χ0) is 17.1. The quantitative estimate of drug-likeness (QED) is 0.749. The number of benzene rings is 2. The number of allylic oxidation sites excluding steroid dienone is 2. The molecule has 1 atom stereocenters. The van der Waals surface area contributed by atoms with Crippen LogP contribution in [0.5, 0.6) is 11.5 Å². The molecule has 0 saturated carbocycles. The molecule has 2 nitrogen and oxygen atoms in total. The molecule has 120 valence electrons. The summed E-state index contributed by atoms with van der Waals surface area (Å²) in [7, 11) is 0. The Morgan fingerprint density at radius 1 is 1.04 bits per heavy atom. The van der Waals surface area contributed by atoms with Crippen molar-refractivity contribution in [2.45, 2.75) is 33.1 Å². The molecule has 0 fully saturated rings. The summed E-state index contributed by atoms with van der Waals surface area (Å²) in [5, 5.41) is 20.6. The van der Waals surface area contributed by atoms with Crippen LogP contribution < -0.4 is 0 Å². The van der Waals surface area contributed by atoms with Crippen molar-refractivity contribution in [1.82, 2.24) is 0 Å². The topological polar surface area (TPSA) is 40.5 Å². The van der Waals surface area contributed by atoms with Crippen LogP contribution in [0.2, 0.25) is 0 Å². The molecule has 0 aliphatic carbocycles. The van der Waals surface area contributed by atoms with E-state index in [9.17, 15) is 10.2 Å². The third kappa shape index (κ3) is 3.48. The SMILES string of the molecule is C=C(C)c1ccc(C(=C)C(CC)c2ccc(C)cc2O)c(O)c1. The van der Waals surface area contributed by atoms with E-state index in [-0.39, 0.29) is 17.4 Å². The van der Waals surface area contributed by atoms with E-state index in [2.05, 4.69) is 20.1 Å². The Balaban J connectivity index is 2.42. The minimum Gasteiger partial charge on any atom is -0.508 e. The van der Waals surface area contributed by atoms with Gasteiger partial charge in [0.2, 0.25) is 0 Å². The number of phenols is 2. The molecule has 23 heavy (non-hydrogen) atoms. The zero-order valence-electron chi connectivity index (χ0n) is 14.1. The molecule has 0 aliphatic rings. The van der Waals surface area contributed by atoms with Gasteiger partial charge in [-0.1, -0.05) is 49.9 Å². The van der Waals surface area contributed by atoms with Crippen molar-refractivity contribution in [2.75, 3.05) is 0 Å². The summed E-state index contributed by atoms with van der Waals surface area (Å²) >= 11 is 0. The third-order valence-electron chi connectivity index (χ3n) is 4.23. The van der Waals surface area contributed by atoms with Gasteiger partial charge in [0.1, 0.15) is 11.5 Å². The molecule has 2 aromatic rings. The molecular weight excluding hydrogens is 284 g/mol. The van der Waals surface area contributed by atoms with E-state index in [1.54, 1.807) is 12.1 Å². The lowest BCUT2D eigenvalue weighted by Gasteiger charge is -2.21. The molecule has 0 bridgehead atoms. The highest BCUT2D eigenvalue weighted by molar-refractivity contribution is 5.76. The fourth-order valence-corrected chi connectivity index (χ4v) is 2.86. The second-order valence-corrected chi connectivity index (χ2v) is 6.06. The minimum atomic E-state index is -0.0443. The highest BCUT2D eigenvalue weighted by Crippen LogP contribution is 2.41. The highest BCUT2D eigenvalue weighted by Gasteiger charge is 2.20. The first kappa shape index (κ1) is 16.9. The number of hydrogen-bond donors (Lipinski definition) is 2. The number of aryl methyl sites for hydroxylation is 1. The molecule has 2 rings (SSSR count). The van der Waals surface area contributed by atoms with Crippen molar-refractivity contribution < 1.29 is 10.2 Å². The summed E-state index contributed by atoms with van der Waals surface area (Å²) in [6.45, 7) is 14.0. The summed E-state index contributed by atoms with van der Waals surface area (Å²) in [5.41, 5.74) is 5.18. The van der Waals surface area contributed by atoms with E-state index in [1.807, 2.05) is 38.1 Å². The van der Waals surface area contributed by atoms with E-state index in [0.29, 0.717) is 5.56 Å². The summed E-state index contributed by atoms with van der Waals surface area (Å²) in [6.07, 6.45) is 0.789. The van der Waals surface area contributed by atoms with E-state index >= 15 is 0 Å². The van der Waals surface area contributed by atoms with Crippen LogP contribution in [-0.2, 0) is 0 Å². The van der Waals surface area contributed by atoms with Gasteiger partial charge in [-0.3, -0.25) is 0 Å². The van der Waals surface area contributed by atoms with Gasteiger partial charge in [0, 0.05) is 17.0 Å². The monoisotopic (exact) mass is 308 g/mol. The van der Waals surface area contributed by atoms with Crippen LogP contribution in [0.25, 0.3) is 11.1 Å². The fraction of sp³-hybridized carbons (Fsp3) is 0.238.